The molecule has 2 aromatic rings. The smallest absolute Gasteiger partial charge is 0.408 e. The largest absolute Gasteiger partial charge is 0.494 e. The van der Waals surface area contributed by atoms with E-state index in [1.54, 1.807) is 19.1 Å². The van der Waals surface area contributed by atoms with Crippen LogP contribution in [0.15, 0.2) is 36.5 Å². The van der Waals surface area contributed by atoms with Gasteiger partial charge in [-0.05, 0) is 87.8 Å². The monoisotopic (exact) mass is 835 g/mol. The summed E-state index contributed by atoms with van der Waals surface area (Å²) in [6.45, 7) is 6.01. The third-order valence-electron chi connectivity index (χ3n) is 12.4. The second-order valence-corrected chi connectivity index (χ2v) is 18.8. The van der Waals surface area contributed by atoms with Crippen LogP contribution in [0, 0.1) is 23.6 Å². The molecule has 14 nitrogen and oxygen atoms in total. The molecule has 0 radical (unpaired) electrons. The number of benzene rings is 1. The van der Waals surface area contributed by atoms with Crippen molar-refractivity contribution in [1.29, 1.82) is 0 Å². The van der Waals surface area contributed by atoms with Gasteiger partial charge in [0.1, 0.15) is 29.3 Å². The van der Waals surface area contributed by atoms with Gasteiger partial charge >= 0.3 is 6.09 Å². The number of amides is 4. The van der Waals surface area contributed by atoms with Gasteiger partial charge in [0.2, 0.25) is 27.7 Å². The number of hydrogen-bond donors (Lipinski definition) is 3. The van der Waals surface area contributed by atoms with Crippen molar-refractivity contribution in [2.75, 3.05) is 13.7 Å². The zero-order valence-corrected chi connectivity index (χ0v) is 34.3. The Morgan fingerprint density at radius 3 is 2.48 bits per heavy atom. The number of ether oxygens (including phenoxy) is 2. The lowest BCUT2D eigenvalue weighted by Crippen LogP contribution is -2.67. The Morgan fingerprint density at radius 2 is 1.86 bits per heavy atom. The Bertz CT molecular complexity index is 2090. The number of nitrogens with zero attached hydrogens (tertiary/aromatic N) is 3. The molecule has 318 valence electrons. The average molecular weight is 836 g/mol. The molecule has 4 amide bonds. The van der Waals surface area contributed by atoms with E-state index in [2.05, 4.69) is 15.0 Å². The van der Waals surface area contributed by atoms with Crippen molar-refractivity contribution in [2.45, 2.75) is 126 Å². The molecule has 1 aromatic heterocycles. The van der Waals surface area contributed by atoms with Crippen LogP contribution in [0.4, 0.5) is 18.0 Å². The van der Waals surface area contributed by atoms with Crippen molar-refractivity contribution in [3.63, 3.8) is 0 Å². The van der Waals surface area contributed by atoms with Gasteiger partial charge in [0.15, 0.2) is 11.6 Å². The van der Waals surface area contributed by atoms with Gasteiger partial charge in [0.25, 0.3) is 11.8 Å². The highest BCUT2D eigenvalue weighted by molar-refractivity contribution is 7.91. The van der Waals surface area contributed by atoms with Crippen molar-refractivity contribution < 1.29 is 55.3 Å². The van der Waals surface area contributed by atoms with Gasteiger partial charge in [-0.3, -0.25) is 24.0 Å². The molecule has 1 saturated heterocycles. The maximum Gasteiger partial charge on any atom is 0.408 e. The molecule has 2 aliphatic heterocycles. The SMILES string of the molecule is CC[C@@H]1C[C@H](C)CCC=C[C@@H]2C[C@@]2(C(=O)NS(=O)(=O)C2CC2)NC(=O)[C@@H]2C[C@@H](Oc3nccc4cc(OC)c(F)cc34)CN2C(=O)[C@H]1N(C(=O)O)C(C)(C)C(C)(F)F. The first-order valence-electron chi connectivity index (χ1n) is 19.7. The van der Waals surface area contributed by atoms with Gasteiger partial charge in [0, 0.05) is 30.8 Å². The van der Waals surface area contributed by atoms with E-state index in [1.807, 2.05) is 13.0 Å². The van der Waals surface area contributed by atoms with Crippen LogP contribution < -0.4 is 19.5 Å². The minimum Gasteiger partial charge on any atom is -0.494 e. The quantitative estimate of drug-likeness (QED) is 0.262. The third-order valence-corrected chi connectivity index (χ3v) is 14.2. The van der Waals surface area contributed by atoms with Crippen LogP contribution in [0.3, 0.4) is 0 Å². The molecule has 3 heterocycles. The van der Waals surface area contributed by atoms with Crippen molar-refractivity contribution in [2.24, 2.45) is 17.8 Å². The molecule has 18 heteroatoms. The normalized spacial score (nSPS) is 28.4. The highest BCUT2D eigenvalue weighted by atomic mass is 32.2. The van der Waals surface area contributed by atoms with E-state index in [-0.39, 0.29) is 55.2 Å². The number of hydrogen-bond acceptors (Lipinski definition) is 9. The van der Waals surface area contributed by atoms with E-state index >= 15 is 13.6 Å². The Labute approximate surface area is 335 Å². The molecule has 0 unspecified atom stereocenters. The molecule has 0 spiro atoms. The maximum absolute atomic E-state index is 15.4. The number of nitrogens with one attached hydrogen (secondary N) is 2. The van der Waals surface area contributed by atoms with Gasteiger partial charge in [-0.1, -0.05) is 32.4 Å². The van der Waals surface area contributed by atoms with E-state index in [0.717, 1.165) is 18.7 Å². The fourth-order valence-corrected chi connectivity index (χ4v) is 9.67. The highest BCUT2D eigenvalue weighted by Crippen LogP contribution is 2.47. The molecule has 2 saturated carbocycles. The fraction of sp³-hybridized carbons (Fsp3) is 0.625. The van der Waals surface area contributed by atoms with Crippen LogP contribution >= 0.6 is 0 Å². The molecule has 58 heavy (non-hydrogen) atoms. The summed E-state index contributed by atoms with van der Waals surface area (Å²) in [6.07, 6.45) is 4.45. The maximum atomic E-state index is 15.4. The van der Waals surface area contributed by atoms with Crippen LogP contribution in [0.25, 0.3) is 10.8 Å². The van der Waals surface area contributed by atoms with Crippen molar-refractivity contribution >= 4 is 44.6 Å². The number of pyridine rings is 1. The first-order chi connectivity index (χ1) is 27.1. The molecule has 7 atom stereocenters. The third kappa shape index (κ3) is 8.30. The summed E-state index contributed by atoms with van der Waals surface area (Å²) in [7, 11) is -2.70. The number of sulfonamides is 1. The molecule has 6 rings (SSSR count). The number of carbonyl (C=O) groups is 4. The summed E-state index contributed by atoms with van der Waals surface area (Å²) < 4.78 is 85.1. The summed E-state index contributed by atoms with van der Waals surface area (Å²) in [4.78, 5) is 62.7. The van der Waals surface area contributed by atoms with Gasteiger partial charge < -0.3 is 24.8 Å². The fourth-order valence-electron chi connectivity index (χ4n) is 8.30. The predicted molar refractivity (Wildman–Crippen MR) is 206 cm³/mol. The topological polar surface area (TPSA) is 185 Å². The lowest BCUT2D eigenvalue weighted by Gasteiger charge is -2.47. The lowest BCUT2D eigenvalue weighted by molar-refractivity contribution is -0.157. The van der Waals surface area contributed by atoms with E-state index in [4.69, 9.17) is 9.47 Å². The number of carbonyl (C=O) groups excluding carboxylic acids is 3. The molecule has 1 aromatic carbocycles. The molecule has 2 aliphatic carbocycles. The van der Waals surface area contributed by atoms with Gasteiger partial charge in [-0.15, -0.1) is 0 Å². The molecule has 0 bridgehead atoms. The standard InChI is InChI=1S/C40H52F3N5O9S/c1-7-23-16-22(2)10-8-9-11-25-20-40(25,36(51)46-58(54,55)27-12-13-27)45-33(49)30-18-26(57-34-28-19-29(41)31(56-6)17-24(28)14-15-44-34)21-47(30)35(50)32(23)48(37(52)53)38(3,4)39(5,42)43/h9,11,14-15,17,19,22-23,25-27,30,32H,7-8,10,12-13,16,18,20-21H2,1-6H3,(H,45,49)(H,46,51)(H,52,53)/t22-,23-,25-,26-,30+,32+,40-/m1/s1. The Morgan fingerprint density at radius 1 is 1.16 bits per heavy atom. The summed E-state index contributed by atoms with van der Waals surface area (Å²) in [6, 6.07) is 1.10. The average Bonchev–Trinajstić information content (AvgIpc) is 4.07. The highest BCUT2D eigenvalue weighted by Gasteiger charge is 2.63. The Balaban J connectivity index is 1.44. The zero-order chi connectivity index (χ0) is 42.5. The number of alkyl halides is 2. The van der Waals surface area contributed by atoms with Crippen molar-refractivity contribution in [3.05, 3.63) is 42.4 Å². The van der Waals surface area contributed by atoms with E-state index in [9.17, 15) is 32.3 Å². The summed E-state index contributed by atoms with van der Waals surface area (Å²) in [5.74, 6) is -8.54. The first-order valence-corrected chi connectivity index (χ1v) is 21.2. The van der Waals surface area contributed by atoms with Crippen LogP contribution in [0.5, 0.6) is 11.6 Å². The summed E-state index contributed by atoms with van der Waals surface area (Å²) in [5, 5.41) is 13.5. The van der Waals surface area contributed by atoms with Gasteiger partial charge in [-0.25, -0.2) is 31.4 Å². The molecular formula is C40H52F3N5O9S. The van der Waals surface area contributed by atoms with E-state index < -0.39 is 91.9 Å². The van der Waals surface area contributed by atoms with Crippen LogP contribution in [0.2, 0.25) is 0 Å². The Kier molecular flexibility index (Phi) is 11.8. The number of aromatic nitrogens is 1. The number of carboxylic acid groups (broad SMARTS) is 1. The van der Waals surface area contributed by atoms with E-state index in [0.29, 0.717) is 42.9 Å². The second-order valence-electron chi connectivity index (χ2n) is 16.8. The van der Waals surface area contributed by atoms with Gasteiger partial charge in [-0.2, -0.15) is 0 Å². The van der Waals surface area contributed by atoms with Crippen molar-refractivity contribution in [3.8, 4) is 11.6 Å². The number of methoxy groups -OCH3 is 1. The summed E-state index contributed by atoms with van der Waals surface area (Å²) >= 11 is 0. The number of fused-ring (bicyclic) bond motifs is 3. The number of rotatable bonds is 10. The molecular weight excluding hydrogens is 784 g/mol. The Hall–Kier alpha value is -4.61. The molecule has 4 aliphatic rings. The second kappa shape index (κ2) is 15.9. The molecule has 3 fully saturated rings. The number of halogens is 3. The van der Waals surface area contributed by atoms with Gasteiger partial charge in [0.05, 0.1) is 18.9 Å². The molecule has 3 N–H and O–H groups in total. The number of allylic oxidation sites excluding steroid dienone is 1. The summed E-state index contributed by atoms with van der Waals surface area (Å²) in [5.41, 5.74) is -4.09. The van der Waals surface area contributed by atoms with E-state index in [1.165, 1.54) is 25.4 Å². The lowest BCUT2D eigenvalue weighted by atomic mass is 9.81. The van der Waals surface area contributed by atoms with Crippen molar-refractivity contribution in [1.82, 2.24) is 24.8 Å². The first kappa shape index (κ1) is 43.0. The minimum atomic E-state index is -4.02. The zero-order valence-electron chi connectivity index (χ0n) is 33.5. The van der Waals surface area contributed by atoms with Crippen LogP contribution in [0.1, 0.15) is 86.0 Å². The predicted octanol–water partition coefficient (Wildman–Crippen LogP) is 5.40. The van der Waals surface area contributed by atoms with Crippen LogP contribution in [-0.4, -0.2) is 106 Å². The van der Waals surface area contributed by atoms with Crippen LogP contribution in [-0.2, 0) is 24.4 Å². The minimum absolute atomic E-state index is 0.0239.